The SMILES string of the molecule is O=C(N[C@H]1CCCNC1)c1ccc(Br)c(F)c1. The van der Waals surface area contributed by atoms with Gasteiger partial charge in [-0.2, -0.15) is 0 Å². The fourth-order valence-electron chi connectivity index (χ4n) is 1.88. The zero-order chi connectivity index (χ0) is 12.3. The summed E-state index contributed by atoms with van der Waals surface area (Å²) in [6, 6.07) is 4.54. The molecule has 0 radical (unpaired) electrons. The molecule has 1 saturated heterocycles. The lowest BCUT2D eigenvalue weighted by molar-refractivity contribution is 0.0930. The number of carbonyl (C=O) groups is 1. The number of benzene rings is 1. The summed E-state index contributed by atoms with van der Waals surface area (Å²) in [7, 11) is 0. The molecule has 17 heavy (non-hydrogen) atoms. The van der Waals surface area contributed by atoms with Crippen LogP contribution in [-0.2, 0) is 0 Å². The Bertz CT molecular complexity index is 419. The summed E-state index contributed by atoms with van der Waals surface area (Å²) in [5.74, 6) is -0.635. The predicted octanol–water partition coefficient (Wildman–Crippen LogP) is 2.07. The Hall–Kier alpha value is -0.940. The molecule has 92 valence electrons. The average molecular weight is 301 g/mol. The molecule has 1 aromatic carbocycles. The molecule has 1 heterocycles. The Kier molecular flexibility index (Phi) is 4.12. The minimum Gasteiger partial charge on any atom is -0.348 e. The maximum atomic E-state index is 13.3. The molecule has 3 nitrogen and oxygen atoms in total. The second-order valence-electron chi connectivity index (χ2n) is 4.15. The first-order valence-corrected chi connectivity index (χ1v) is 6.43. The van der Waals surface area contributed by atoms with Crippen LogP contribution in [0.5, 0.6) is 0 Å². The Balaban J connectivity index is 2.01. The molecule has 0 unspecified atom stereocenters. The maximum absolute atomic E-state index is 13.3. The lowest BCUT2D eigenvalue weighted by Crippen LogP contribution is -2.45. The van der Waals surface area contributed by atoms with Gasteiger partial charge in [-0.1, -0.05) is 0 Å². The van der Waals surface area contributed by atoms with E-state index >= 15 is 0 Å². The van der Waals surface area contributed by atoms with E-state index in [0.717, 1.165) is 25.9 Å². The van der Waals surface area contributed by atoms with Crippen molar-refractivity contribution in [2.24, 2.45) is 0 Å². The van der Waals surface area contributed by atoms with Gasteiger partial charge in [0.2, 0.25) is 0 Å². The van der Waals surface area contributed by atoms with Gasteiger partial charge in [-0.05, 0) is 53.5 Å². The molecule has 5 heteroatoms. The molecule has 0 saturated carbocycles. The highest BCUT2D eigenvalue weighted by Gasteiger charge is 2.16. The van der Waals surface area contributed by atoms with E-state index in [0.29, 0.717) is 10.0 Å². The van der Waals surface area contributed by atoms with Gasteiger partial charge in [-0.25, -0.2) is 4.39 Å². The minimum atomic E-state index is -0.417. The van der Waals surface area contributed by atoms with E-state index in [1.807, 2.05) is 0 Å². The highest BCUT2D eigenvalue weighted by atomic mass is 79.9. The van der Waals surface area contributed by atoms with E-state index in [-0.39, 0.29) is 11.9 Å². The molecule has 0 aromatic heterocycles. The van der Waals surface area contributed by atoms with Crippen molar-refractivity contribution in [2.45, 2.75) is 18.9 Å². The van der Waals surface area contributed by atoms with Crippen molar-refractivity contribution < 1.29 is 9.18 Å². The summed E-state index contributed by atoms with van der Waals surface area (Å²) in [5, 5.41) is 6.11. The zero-order valence-corrected chi connectivity index (χ0v) is 10.9. The third-order valence-electron chi connectivity index (χ3n) is 2.81. The van der Waals surface area contributed by atoms with Crippen molar-refractivity contribution in [2.75, 3.05) is 13.1 Å². The van der Waals surface area contributed by atoms with Crippen LogP contribution in [0.25, 0.3) is 0 Å². The van der Waals surface area contributed by atoms with E-state index in [4.69, 9.17) is 0 Å². The molecule has 1 aliphatic heterocycles. The normalized spacial score (nSPS) is 20.0. The highest BCUT2D eigenvalue weighted by Crippen LogP contribution is 2.16. The van der Waals surface area contributed by atoms with Crippen LogP contribution in [0.1, 0.15) is 23.2 Å². The minimum absolute atomic E-state index is 0.142. The van der Waals surface area contributed by atoms with Gasteiger partial charge in [-0.15, -0.1) is 0 Å². The van der Waals surface area contributed by atoms with Crippen LogP contribution in [0.2, 0.25) is 0 Å². The number of amides is 1. The van der Waals surface area contributed by atoms with Gasteiger partial charge in [-0.3, -0.25) is 4.79 Å². The van der Waals surface area contributed by atoms with Crippen LogP contribution in [0.15, 0.2) is 22.7 Å². The summed E-state index contributed by atoms with van der Waals surface area (Å²) in [5.41, 5.74) is 0.358. The number of nitrogens with one attached hydrogen (secondary N) is 2. The van der Waals surface area contributed by atoms with Crippen LogP contribution < -0.4 is 10.6 Å². The number of rotatable bonds is 2. The lowest BCUT2D eigenvalue weighted by atomic mass is 10.1. The van der Waals surface area contributed by atoms with E-state index in [2.05, 4.69) is 26.6 Å². The number of halogens is 2. The number of hydrogen-bond donors (Lipinski definition) is 2. The van der Waals surface area contributed by atoms with Crippen molar-refractivity contribution in [1.29, 1.82) is 0 Å². The molecule has 0 spiro atoms. The average Bonchev–Trinajstić information content (AvgIpc) is 2.34. The molecule has 1 amide bonds. The van der Waals surface area contributed by atoms with Crippen molar-refractivity contribution in [1.82, 2.24) is 10.6 Å². The Morgan fingerprint density at radius 3 is 3.00 bits per heavy atom. The van der Waals surface area contributed by atoms with Gasteiger partial charge in [0.15, 0.2) is 0 Å². The Morgan fingerprint density at radius 1 is 1.53 bits per heavy atom. The summed E-state index contributed by atoms with van der Waals surface area (Å²) in [6.07, 6.45) is 2.03. The maximum Gasteiger partial charge on any atom is 0.251 e. The van der Waals surface area contributed by atoms with Crippen molar-refractivity contribution in [3.8, 4) is 0 Å². The molecule has 2 N–H and O–H groups in total. The first-order valence-electron chi connectivity index (χ1n) is 5.63. The molecular weight excluding hydrogens is 287 g/mol. The highest BCUT2D eigenvalue weighted by molar-refractivity contribution is 9.10. The Morgan fingerprint density at radius 2 is 2.35 bits per heavy atom. The monoisotopic (exact) mass is 300 g/mol. The summed E-state index contributed by atoms with van der Waals surface area (Å²) in [6.45, 7) is 1.78. The van der Waals surface area contributed by atoms with E-state index < -0.39 is 5.82 Å². The van der Waals surface area contributed by atoms with Gasteiger partial charge in [0, 0.05) is 18.2 Å². The van der Waals surface area contributed by atoms with Gasteiger partial charge in [0.05, 0.1) is 4.47 Å². The van der Waals surface area contributed by atoms with Gasteiger partial charge in [0.25, 0.3) is 5.91 Å². The van der Waals surface area contributed by atoms with Gasteiger partial charge < -0.3 is 10.6 Å². The van der Waals surface area contributed by atoms with E-state index in [1.165, 1.54) is 6.07 Å². The molecule has 2 rings (SSSR count). The smallest absolute Gasteiger partial charge is 0.251 e. The van der Waals surface area contributed by atoms with Gasteiger partial charge >= 0.3 is 0 Å². The lowest BCUT2D eigenvalue weighted by Gasteiger charge is -2.23. The van der Waals surface area contributed by atoms with Crippen LogP contribution in [0.4, 0.5) is 4.39 Å². The van der Waals surface area contributed by atoms with Crippen LogP contribution >= 0.6 is 15.9 Å². The van der Waals surface area contributed by atoms with Crippen molar-refractivity contribution in [3.05, 3.63) is 34.1 Å². The topological polar surface area (TPSA) is 41.1 Å². The fraction of sp³-hybridized carbons (Fsp3) is 0.417. The number of piperidine rings is 1. The quantitative estimate of drug-likeness (QED) is 0.878. The second-order valence-corrected chi connectivity index (χ2v) is 5.00. The van der Waals surface area contributed by atoms with Crippen LogP contribution in [-0.4, -0.2) is 25.0 Å². The fourth-order valence-corrected chi connectivity index (χ4v) is 2.13. The van der Waals surface area contributed by atoms with Crippen molar-refractivity contribution >= 4 is 21.8 Å². The van der Waals surface area contributed by atoms with Crippen LogP contribution in [0.3, 0.4) is 0 Å². The predicted molar refractivity (Wildman–Crippen MR) is 67.5 cm³/mol. The number of carbonyl (C=O) groups excluding carboxylic acids is 1. The largest absolute Gasteiger partial charge is 0.348 e. The first-order chi connectivity index (χ1) is 8.16. The van der Waals surface area contributed by atoms with Crippen LogP contribution in [0, 0.1) is 5.82 Å². The van der Waals surface area contributed by atoms with E-state index in [1.54, 1.807) is 12.1 Å². The molecule has 1 aliphatic rings. The summed E-state index contributed by atoms with van der Waals surface area (Å²) >= 11 is 3.06. The van der Waals surface area contributed by atoms with Gasteiger partial charge in [0.1, 0.15) is 5.82 Å². The summed E-state index contributed by atoms with van der Waals surface area (Å²) in [4.78, 5) is 11.9. The van der Waals surface area contributed by atoms with Crippen molar-refractivity contribution in [3.63, 3.8) is 0 Å². The van der Waals surface area contributed by atoms with E-state index in [9.17, 15) is 9.18 Å². The molecule has 1 atom stereocenters. The molecule has 1 aromatic rings. The zero-order valence-electron chi connectivity index (χ0n) is 9.30. The molecule has 0 bridgehead atoms. The molecule has 0 aliphatic carbocycles. The summed E-state index contributed by atoms with van der Waals surface area (Å²) < 4.78 is 13.6. The number of hydrogen-bond acceptors (Lipinski definition) is 2. The standard InChI is InChI=1S/C12H14BrFN2O/c13-10-4-3-8(6-11(10)14)12(17)16-9-2-1-5-15-7-9/h3-4,6,9,15H,1-2,5,7H2,(H,16,17)/t9-/m0/s1. The third kappa shape index (κ3) is 3.26. The molecule has 1 fully saturated rings. The second kappa shape index (κ2) is 5.60. The Labute approximate surface area is 108 Å². The third-order valence-corrected chi connectivity index (χ3v) is 3.46. The molecular formula is C12H14BrFN2O. The first kappa shape index (κ1) is 12.5.